The number of aromatic nitrogens is 4. The summed E-state index contributed by atoms with van der Waals surface area (Å²) >= 11 is 0. The van der Waals surface area contributed by atoms with Gasteiger partial charge in [0.15, 0.2) is 0 Å². The molecule has 3 aromatic rings. The van der Waals surface area contributed by atoms with Crippen molar-refractivity contribution in [1.29, 1.82) is 0 Å². The quantitative estimate of drug-likeness (QED) is 0.474. The first-order valence-corrected chi connectivity index (χ1v) is 11.8. The lowest BCUT2D eigenvalue weighted by molar-refractivity contribution is 0.0893. The average Bonchev–Trinajstić information content (AvgIpc) is 3.43. The molecule has 0 radical (unpaired) electrons. The van der Waals surface area contributed by atoms with Gasteiger partial charge in [-0.2, -0.15) is 10.1 Å². The number of benzene rings is 1. The molecule has 0 N–H and O–H groups in total. The highest BCUT2D eigenvalue weighted by atomic mass is 16.5. The SMILES string of the molecule is COc1nc2cc(N3CCOCC3)ccc2n1C(=O)CCCCCn1ccc(C(C)(C)C)n1. The van der Waals surface area contributed by atoms with Crippen LogP contribution >= 0.6 is 0 Å². The number of imidazole rings is 1. The van der Waals surface area contributed by atoms with Crippen molar-refractivity contribution < 1.29 is 14.3 Å². The van der Waals surface area contributed by atoms with Gasteiger partial charge in [0.25, 0.3) is 0 Å². The Morgan fingerprint density at radius 1 is 1.12 bits per heavy atom. The van der Waals surface area contributed by atoms with Crippen LogP contribution in [0.1, 0.15) is 56.9 Å². The predicted molar refractivity (Wildman–Crippen MR) is 129 cm³/mol. The van der Waals surface area contributed by atoms with Gasteiger partial charge >= 0.3 is 6.01 Å². The van der Waals surface area contributed by atoms with Gasteiger partial charge in [-0.3, -0.25) is 9.48 Å². The normalized spacial score (nSPS) is 14.7. The van der Waals surface area contributed by atoms with Crippen molar-refractivity contribution in [3.8, 4) is 6.01 Å². The summed E-state index contributed by atoms with van der Waals surface area (Å²) in [5.74, 6) is 0.0163. The number of rotatable bonds is 8. The zero-order chi connectivity index (χ0) is 23.4. The lowest BCUT2D eigenvalue weighted by atomic mass is 9.93. The summed E-state index contributed by atoms with van der Waals surface area (Å²) in [6.45, 7) is 10.6. The van der Waals surface area contributed by atoms with Gasteiger partial charge in [0.1, 0.15) is 0 Å². The van der Waals surface area contributed by atoms with Gasteiger partial charge in [0.05, 0.1) is 37.1 Å². The third-order valence-corrected chi connectivity index (χ3v) is 6.10. The van der Waals surface area contributed by atoms with Crippen LogP contribution in [0.15, 0.2) is 30.5 Å². The topological polar surface area (TPSA) is 74.4 Å². The lowest BCUT2D eigenvalue weighted by Crippen LogP contribution is -2.36. The van der Waals surface area contributed by atoms with Crippen LogP contribution in [0, 0.1) is 0 Å². The van der Waals surface area contributed by atoms with Crippen LogP contribution < -0.4 is 9.64 Å². The number of hydrogen-bond acceptors (Lipinski definition) is 6. The number of unbranched alkanes of at least 4 members (excludes halogenated alkanes) is 2. The van der Waals surface area contributed by atoms with Gasteiger partial charge in [0.2, 0.25) is 5.91 Å². The van der Waals surface area contributed by atoms with Crippen LogP contribution in [-0.2, 0) is 16.7 Å². The van der Waals surface area contributed by atoms with Crippen LogP contribution in [0.2, 0.25) is 0 Å². The second kappa shape index (κ2) is 9.95. The van der Waals surface area contributed by atoms with E-state index < -0.39 is 0 Å². The van der Waals surface area contributed by atoms with Crippen LogP contribution in [0.4, 0.5) is 5.69 Å². The Hall–Kier alpha value is -2.87. The zero-order valence-corrected chi connectivity index (χ0v) is 20.2. The maximum absolute atomic E-state index is 13.0. The Bertz CT molecular complexity index is 1090. The molecule has 0 amide bonds. The molecular formula is C25H35N5O3. The first-order valence-electron chi connectivity index (χ1n) is 11.8. The first-order chi connectivity index (χ1) is 15.9. The van der Waals surface area contributed by atoms with Crippen LogP contribution in [-0.4, -0.2) is 58.7 Å². The highest BCUT2D eigenvalue weighted by Gasteiger charge is 2.20. The van der Waals surface area contributed by atoms with E-state index in [4.69, 9.17) is 9.47 Å². The summed E-state index contributed by atoms with van der Waals surface area (Å²) in [5.41, 5.74) is 3.83. The molecule has 0 saturated carbocycles. The minimum Gasteiger partial charge on any atom is -0.468 e. The molecule has 0 aliphatic carbocycles. The summed E-state index contributed by atoms with van der Waals surface area (Å²) < 4.78 is 14.5. The number of carbonyl (C=O) groups excluding carboxylic acids is 1. The molecule has 0 bridgehead atoms. The fourth-order valence-corrected chi connectivity index (χ4v) is 4.17. The van der Waals surface area contributed by atoms with E-state index in [1.54, 1.807) is 11.7 Å². The van der Waals surface area contributed by atoms with E-state index >= 15 is 0 Å². The van der Waals surface area contributed by atoms with Gasteiger partial charge in [-0.25, -0.2) is 4.57 Å². The molecule has 8 nitrogen and oxygen atoms in total. The molecule has 0 atom stereocenters. The van der Waals surface area contributed by atoms with Crippen LogP contribution in [0.5, 0.6) is 6.01 Å². The number of ether oxygens (including phenoxy) is 2. The van der Waals surface area contributed by atoms with Crippen molar-refractivity contribution in [3.63, 3.8) is 0 Å². The largest absolute Gasteiger partial charge is 0.468 e. The Kier molecular flexibility index (Phi) is 7.02. The molecule has 33 heavy (non-hydrogen) atoms. The molecule has 178 valence electrons. The number of aryl methyl sites for hydroxylation is 1. The van der Waals surface area contributed by atoms with E-state index in [1.165, 1.54) is 0 Å². The van der Waals surface area contributed by atoms with Crippen molar-refractivity contribution in [2.24, 2.45) is 0 Å². The van der Waals surface area contributed by atoms with E-state index in [1.807, 2.05) is 23.0 Å². The van der Waals surface area contributed by atoms with Crippen molar-refractivity contribution in [2.45, 2.75) is 58.4 Å². The summed E-state index contributed by atoms with van der Waals surface area (Å²) in [7, 11) is 1.56. The molecule has 4 rings (SSSR count). The number of morpholine rings is 1. The van der Waals surface area contributed by atoms with Crippen molar-refractivity contribution in [3.05, 3.63) is 36.2 Å². The summed E-state index contributed by atoms with van der Waals surface area (Å²) in [4.78, 5) is 19.9. The molecule has 1 fully saturated rings. The Morgan fingerprint density at radius 2 is 1.91 bits per heavy atom. The second-order valence-electron chi connectivity index (χ2n) is 9.62. The van der Waals surface area contributed by atoms with Crippen LogP contribution in [0.3, 0.4) is 0 Å². The number of hydrogen-bond donors (Lipinski definition) is 0. The predicted octanol–water partition coefficient (Wildman–Crippen LogP) is 4.28. The summed E-state index contributed by atoms with van der Waals surface area (Å²) in [5, 5.41) is 4.66. The Morgan fingerprint density at radius 3 is 2.61 bits per heavy atom. The van der Waals surface area contributed by atoms with Gasteiger partial charge in [-0.15, -0.1) is 0 Å². The Balaban J connectivity index is 1.34. The maximum atomic E-state index is 13.0. The summed E-state index contributed by atoms with van der Waals surface area (Å²) in [6, 6.07) is 8.49. The third-order valence-electron chi connectivity index (χ3n) is 6.10. The maximum Gasteiger partial charge on any atom is 0.304 e. The number of methoxy groups -OCH3 is 1. The second-order valence-corrected chi connectivity index (χ2v) is 9.62. The molecule has 0 spiro atoms. The van der Waals surface area contributed by atoms with Crippen molar-refractivity contribution in [1.82, 2.24) is 19.3 Å². The fraction of sp³-hybridized carbons (Fsp3) is 0.560. The monoisotopic (exact) mass is 453 g/mol. The number of anilines is 1. The van der Waals surface area contributed by atoms with E-state index in [-0.39, 0.29) is 11.3 Å². The number of fused-ring (bicyclic) bond motifs is 1. The van der Waals surface area contributed by atoms with Gasteiger partial charge in [0, 0.05) is 43.4 Å². The number of nitrogens with zero attached hydrogens (tertiary/aromatic N) is 5. The molecular weight excluding hydrogens is 418 g/mol. The minimum absolute atomic E-state index is 0.0163. The minimum atomic E-state index is 0.0163. The standard InChI is InChI=1S/C25H35N5O3/c1-25(2,3)22-11-13-29(27-22)12-7-5-6-8-23(31)30-21-10-9-19(28-14-16-33-17-15-28)18-20(21)26-24(30)32-4/h9-11,13,18H,5-8,12,14-17H2,1-4H3. The van der Waals surface area contributed by atoms with E-state index in [0.29, 0.717) is 12.4 Å². The highest BCUT2D eigenvalue weighted by Crippen LogP contribution is 2.27. The average molecular weight is 454 g/mol. The molecule has 8 heteroatoms. The van der Waals surface area contributed by atoms with E-state index in [0.717, 1.165) is 74.5 Å². The van der Waals surface area contributed by atoms with E-state index in [9.17, 15) is 4.79 Å². The third kappa shape index (κ3) is 5.38. The van der Waals surface area contributed by atoms with Crippen LogP contribution in [0.25, 0.3) is 11.0 Å². The van der Waals surface area contributed by atoms with Gasteiger partial charge < -0.3 is 14.4 Å². The van der Waals surface area contributed by atoms with Gasteiger partial charge in [-0.1, -0.05) is 27.2 Å². The molecule has 3 heterocycles. The smallest absolute Gasteiger partial charge is 0.304 e. The fourth-order valence-electron chi connectivity index (χ4n) is 4.17. The molecule has 1 saturated heterocycles. The van der Waals surface area contributed by atoms with E-state index in [2.05, 4.69) is 47.9 Å². The highest BCUT2D eigenvalue weighted by molar-refractivity contribution is 5.93. The molecule has 2 aromatic heterocycles. The molecule has 1 aliphatic rings. The molecule has 1 aliphatic heterocycles. The Labute approximate surface area is 195 Å². The first kappa shape index (κ1) is 23.3. The summed E-state index contributed by atoms with van der Waals surface area (Å²) in [6.07, 6.45) is 5.27. The van der Waals surface area contributed by atoms with Crippen molar-refractivity contribution >= 4 is 22.6 Å². The molecule has 0 unspecified atom stereocenters. The zero-order valence-electron chi connectivity index (χ0n) is 20.2. The number of carbonyl (C=O) groups is 1. The molecule has 1 aromatic carbocycles. The van der Waals surface area contributed by atoms with Gasteiger partial charge in [-0.05, 0) is 37.1 Å². The lowest BCUT2D eigenvalue weighted by Gasteiger charge is -2.28. The van der Waals surface area contributed by atoms with Crippen molar-refractivity contribution in [2.75, 3.05) is 38.3 Å².